The number of nitrogens with zero attached hydrogens (tertiary/aromatic N) is 1. The third-order valence-electron chi connectivity index (χ3n) is 2.72. The van der Waals surface area contributed by atoms with Crippen LogP contribution in [-0.4, -0.2) is 11.0 Å². The van der Waals surface area contributed by atoms with Gasteiger partial charge in [-0.15, -0.1) is 22.7 Å². The van der Waals surface area contributed by atoms with Gasteiger partial charge in [-0.2, -0.15) is 0 Å². The molecule has 1 aliphatic carbocycles. The number of nitrogens with one attached hydrogen (secondary N) is 1. The van der Waals surface area contributed by atoms with Crippen LogP contribution in [0.1, 0.15) is 33.6 Å². The molecule has 1 unspecified atom stereocenters. The van der Waals surface area contributed by atoms with Crippen molar-refractivity contribution in [1.29, 1.82) is 0 Å². The van der Waals surface area contributed by atoms with Crippen molar-refractivity contribution in [3.63, 3.8) is 0 Å². The molecule has 2 nitrogen and oxygen atoms in total. The lowest BCUT2D eigenvalue weighted by atomic mass is 10.2. The van der Waals surface area contributed by atoms with Crippen molar-refractivity contribution in [2.75, 3.05) is 0 Å². The van der Waals surface area contributed by atoms with Gasteiger partial charge in [0.2, 0.25) is 0 Å². The van der Waals surface area contributed by atoms with Crippen LogP contribution in [-0.2, 0) is 0 Å². The lowest BCUT2D eigenvalue weighted by Gasteiger charge is -2.14. The topological polar surface area (TPSA) is 24.9 Å². The number of thiophene rings is 1. The van der Waals surface area contributed by atoms with Crippen LogP contribution in [0.25, 0.3) is 0 Å². The van der Waals surface area contributed by atoms with Gasteiger partial charge < -0.3 is 5.32 Å². The molecule has 0 aromatic carbocycles. The normalized spacial score (nSPS) is 17.6. The van der Waals surface area contributed by atoms with Gasteiger partial charge in [-0.25, -0.2) is 4.98 Å². The van der Waals surface area contributed by atoms with Crippen LogP contribution < -0.4 is 5.32 Å². The molecule has 1 fully saturated rings. The van der Waals surface area contributed by atoms with E-state index in [9.17, 15) is 0 Å². The Morgan fingerprint density at radius 3 is 2.88 bits per heavy atom. The summed E-state index contributed by atoms with van der Waals surface area (Å²) in [5.74, 6) is 0. The molecule has 4 heteroatoms. The predicted octanol–water partition coefficient (Wildman–Crippen LogP) is 3.35. The zero-order chi connectivity index (χ0) is 11.0. The van der Waals surface area contributed by atoms with Crippen LogP contribution in [0.5, 0.6) is 0 Å². The second-order valence-corrected chi connectivity index (χ2v) is 6.44. The van der Waals surface area contributed by atoms with Gasteiger partial charge in [0, 0.05) is 27.4 Å². The highest BCUT2D eigenvalue weighted by Crippen LogP contribution is 2.33. The maximum absolute atomic E-state index is 4.45. The Labute approximate surface area is 103 Å². The van der Waals surface area contributed by atoms with E-state index in [1.54, 1.807) is 11.3 Å². The predicted molar refractivity (Wildman–Crippen MR) is 69.2 cm³/mol. The molecule has 0 saturated heterocycles. The van der Waals surface area contributed by atoms with E-state index in [1.807, 2.05) is 17.5 Å². The molecule has 1 aliphatic rings. The van der Waals surface area contributed by atoms with Gasteiger partial charge in [-0.3, -0.25) is 0 Å². The number of hydrogen-bond donors (Lipinski definition) is 1. The molecule has 0 bridgehead atoms. The monoisotopic (exact) mass is 250 g/mol. The summed E-state index contributed by atoms with van der Waals surface area (Å²) >= 11 is 3.61. The van der Waals surface area contributed by atoms with E-state index in [0.29, 0.717) is 12.1 Å². The number of thiazole rings is 1. The third kappa shape index (κ3) is 2.19. The SMILES string of the molecule is Cc1ccc(C(NC2CC2)c2nccs2)s1. The minimum Gasteiger partial charge on any atom is -0.301 e. The van der Waals surface area contributed by atoms with Crippen molar-refractivity contribution in [2.45, 2.75) is 31.8 Å². The fraction of sp³-hybridized carbons (Fsp3) is 0.417. The van der Waals surface area contributed by atoms with Gasteiger partial charge in [0.05, 0.1) is 6.04 Å². The number of rotatable bonds is 4. The largest absolute Gasteiger partial charge is 0.301 e. The summed E-state index contributed by atoms with van der Waals surface area (Å²) < 4.78 is 0. The molecule has 0 amide bonds. The molecule has 2 aromatic rings. The fourth-order valence-corrected chi connectivity index (χ4v) is 3.48. The Hall–Kier alpha value is -0.710. The van der Waals surface area contributed by atoms with E-state index in [0.717, 1.165) is 0 Å². The zero-order valence-electron chi connectivity index (χ0n) is 9.14. The van der Waals surface area contributed by atoms with Crippen LogP contribution >= 0.6 is 22.7 Å². The van der Waals surface area contributed by atoms with Crippen LogP contribution in [0.4, 0.5) is 0 Å². The first-order chi connectivity index (χ1) is 7.83. The molecular weight excluding hydrogens is 236 g/mol. The highest BCUT2D eigenvalue weighted by molar-refractivity contribution is 7.12. The van der Waals surface area contributed by atoms with Crippen LogP contribution in [0.2, 0.25) is 0 Å². The molecule has 1 saturated carbocycles. The Bertz CT molecular complexity index is 457. The summed E-state index contributed by atoms with van der Waals surface area (Å²) in [4.78, 5) is 7.20. The van der Waals surface area contributed by atoms with Crippen molar-refractivity contribution in [3.8, 4) is 0 Å². The second-order valence-electron chi connectivity index (χ2n) is 4.19. The summed E-state index contributed by atoms with van der Waals surface area (Å²) in [6.45, 7) is 2.16. The van der Waals surface area contributed by atoms with Crippen LogP contribution in [0.15, 0.2) is 23.7 Å². The standard InChI is InChI=1S/C12H14N2S2/c1-8-2-5-10(16-8)11(14-9-3-4-9)12-13-6-7-15-12/h2,5-7,9,11,14H,3-4H2,1H3. The minimum absolute atomic E-state index is 0.311. The smallest absolute Gasteiger partial charge is 0.115 e. The van der Waals surface area contributed by atoms with E-state index < -0.39 is 0 Å². The lowest BCUT2D eigenvalue weighted by Crippen LogP contribution is -2.23. The lowest BCUT2D eigenvalue weighted by molar-refractivity contribution is 0.606. The molecule has 1 atom stereocenters. The number of hydrogen-bond acceptors (Lipinski definition) is 4. The van der Waals surface area contributed by atoms with E-state index in [4.69, 9.17) is 0 Å². The molecular formula is C12H14N2S2. The van der Waals surface area contributed by atoms with Gasteiger partial charge in [-0.05, 0) is 31.9 Å². The molecule has 3 rings (SSSR count). The van der Waals surface area contributed by atoms with Crippen molar-refractivity contribution in [1.82, 2.24) is 10.3 Å². The molecule has 16 heavy (non-hydrogen) atoms. The summed E-state index contributed by atoms with van der Waals surface area (Å²) in [6, 6.07) is 5.43. The van der Waals surface area contributed by atoms with Gasteiger partial charge in [0.25, 0.3) is 0 Å². The Kier molecular flexibility index (Phi) is 2.79. The number of aromatic nitrogens is 1. The quantitative estimate of drug-likeness (QED) is 0.900. The highest BCUT2D eigenvalue weighted by Gasteiger charge is 2.28. The Morgan fingerprint density at radius 2 is 2.31 bits per heavy atom. The van der Waals surface area contributed by atoms with Crippen LogP contribution in [0.3, 0.4) is 0 Å². The molecule has 0 spiro atoms. The van der Waals surface area contributed by atoms with E-state index in [2.05, 4.69) is 34.7 Å². The minimum atomic E-state index is 0.311. The second kappa shape index (κ2) is 4.28. The molecule has 2 aromatic heterocycles. The molecule has 0 aliphatic heterocycles. The van der Waals surface area contributed by atoms with Crippen LogP contribution in [0, 0.1) is 6.92 Å². The third-order valence-corrected chi connectivity index (χ3v) is 4.63. The zero-order valence-corrected chi connectivity index (χ0v) is 10.8. The summed E-state index contributed by atoms with van der Waals surface area (Å²) in [7, 11) is 0. The van der Waals surface area contributed by atoms with Crippen molar-refractivity contribution >= 4 is 22.7 Å². The molecule has 2 heterocycles. The van der Waals surface area contributed by atoms with E-state index >= 15 is 0 Å². The first-order valence-corrected chi connectivity index (χ1v) is 7.24. The molecule has 84 valence electrons. The first kappa shape index (κ1) is 10.4. The maximum Gasteiger partial charge on any atom is 0.115 e. The summed E-state index contributed by atoms with van der Waals surface area (Å²) in [5, 5.41) is 6.92. The number of aryl methyl sites for hydroxylation is 1. The van der Waals surface area contributed by atoms with E-state index in [1.165, 1.54) is 27.6 Å². The van der Waals surface area contributed by atoms with Crippen molar-refractivity contribution in [3.05, 3.63) is 38.5 Å². The average molecular weight is 250 g/mol. The van der Waals surface area contributed by atoms with Crippen molar-refractivity contribution in [2.24, 2.45) is 0 Å². The Balaban J connectivity index is 1.88. The Morgan fingerprint density at radius 1 is 1.44 bits per heavy atom. The first-order valence-electron chi connectivity index (χ1n) is 5.55. The van der Waals surface area contributed by atoms with Gasteiger partial charge >= 0.3 is 0 Å². The molecule has 1 N–H and O–H groups in total. The van der Waals surface area contributed by atoms with Gasteiger partial charge in [0.1, 0.15) is 5.01 Å². The average Bonchev–Trinajstić information content (AvgIpc) is 2.79. The molecule has 0 radical (unpaired) electrons. The van der Waals surface area contributed by atoms with Gasteiger partial charge in [0.15, 0.2) is 0 Å². The highest BCUT2D eigenvalue weighted by atomic mass is 32.1. The summed E-state index contributed by atoms with van der Waals surface area (Å²) in [6.07, 6.45) is 4.51. The van der Waals surface area contributed by atoms with Crippen molar-refractivity contribution < 1.29 is 0 Å². The van der Waals surface area contributed by atoms with Gasteiger partial charge in [-0.1, -0.05) is 0 Å². The fourth-order valence-electron chi connectivity index (χ4n) is 1.75. The maximum atomic E-state index is 4.45. The van der Waals surface area contributed by atoms with E-state index in [-0.39, 0.29) is 0 Å². The summed E-state index contributed by atoms with van der Waals surface area (Å²) in [5.41, 5.74) is 0.